The van der Waals surface area contributed by atoms with Gasteiger partial charge in [0.1, 0.15) is 11.9 Å². The Bertz CT molecular complexity index is 633. The van der Waals surface area contributed by atoms with Crippen LogP contribution in [0.15, 0.2) is 39.4 Å². The minimum absolute atomic E-state index is 0.576. The zero-order chi connectivity index (χ0) is 13.1. The van der Waals surface area contributed by atoms with E-state index in [4.69, 9.17) is 5.26 Å². The minimum Gasteiger partial charge on any atom is -0.338 e. The molecule has 1 aromatic carbocycles. The van der Waals surface area contributed by atoms with Crippen molar-refractivity contribution in [2.24, 2.45) is 0 Å². The van der Waals surface area contributed by atoms with Crippen LogP contribution < -0.4 is 5.32 Å². The van der Waals surface area contributed by atoms with Gasteiger partial charge in [-0.25, -0.2) is 4.98 Å². The second-order valence-corrected chi connectivity index (χ2v) is 5.54. The van der Waals surface area contributed by atoms with Crippen LogP contribution >= 0.6 is 31.9 Å². The fourth-order valence-corrected chi connectivity index (χ4v) is 2.39. The van der Waals surface area contributed by atoms with E-state index < -0.39 is 0 Å². The van der Waals surface area contributed by atoms with Gasteiger partial charge >= 0.3 is 0 Å². The monoisotopic (exact) mass is 365 g/mol. The molecule has 0 aliphatic carbocycles. The number of benzene rings is 1. The highest BCUT2D eigenvalue weighted by molar-refractivity contribution is 9.10. The van der Waals surface area contributed by atoms with Crippen molar-refractivity contribution in [3.63, 3.8) is 0 Å². The van der Waals surface area contributed by atoms with Crippen LogP contribution in [-0.4, -0.2) is 4.98 Å². The fraction of sp³-hybridized carbons (Fsp3) is 0.0769. The second kappa shape index (κ2) is 5.51. The van der Waals surface area contributed by atoms with Crippen molar-refractivity contribution in [1.29, 1.82) is 5.26 Å². The highest BCUT2D eigenvalue weighted by Crippen LogP contribution is 2.28. The largest absolute Gasteiger partial charge is 0.338 e. The van der Waals surface area contributed by atoms with Gasteiger partial charge in [-0.1, -0.05) is 15.9 Å². The van der Waals surface area contributed by atoms with E-state index in [0.29, 0.717) is 11.4 Å². The number of halogens is 2. The minimum atomic E-state index is 0.576. The number of rotatable bonds is 2. The SMILES string of the molecule is Cc1cnc(Nc2cc(Br)ccc2C#N)c(Br)c1. The topological polar surface area (TPSA) is 48.7 Å². The molecule has 0 spiro atoms. The molecule has 1 aromatic heterocycles. The summed E-state index contributed by atoms with van der Waals surface area (Å²) in [7, 11) is 0. The van der Waals surface area contributed by atoms with Crippen molar-refractivity contribution in [2.45, 2.75) is 6.92 Å². The van der Waals surface area contributed by atoms with Gasteiger partial charge in [0.05, 0.1) is 15.7 Å². The standard InChI is InChI=1S/C13H9Br2N3/c1-8-4-11(15)13(17-7-8)18-12-5-10(14)3-2-9(12)6-16/h2-5,7H,1H3,(H,17,18). The van der Waals surface area contributed by atoms with Crippen LogP contribution in [0.4, 0.5) is 11.5 Å². The van der Waals surface area contributed by atoms with Gasteiger partial charge in [-0.15, -0.1) is 0 Å². The maximum absolute atomic E-state index is 9.06. The molecule has 0 saturated carbocycles. The molecule has 90 valence electrons. The maximum Gasteiger partial charge on any atom is 0.144 e. The van der Waals surface area contributed by atoms with Gasteiger partial charge in [0, 0.05) is 10.7 Å². The molecule has 0 aliphatic heterocycles. The van der Waals surface area contributed by atoms with Crippen molar-refractivity contribution >= 4 is 43.4 Å². The van der Waals surface area contributed by atoms with Crippen LogP contribution in [0.5, 0.6) is 0 Å². The lowest BCUT2D eigenvalue weighted by atomic mass is 10.2. The van der Waals surface area contributed by atoms with E-state index in [1.54, 1.807) is 12.3 Å². The first kappa shape index (κ1) is 13.1. The Kier molecular flexibility index (Phi) is 4.00. The third-order valence-corrected chi connectivity index (χ3v) is 3.43. The quantitative estimate of drug-likeness (QED) is 0.849. The van der Waals surface area contributed by atoms with Crippen LogP contribution in [-0.2, 0) is 0 Å². The summed E-state index contributed by atoms with van der Waals surface area (Å²) in [5.74, 6) is 0.690. The van der Waals surface area contributed by atoms with Crippen molar-refractivity contribution in [3.05, 3.63) is 50.5 Å². The normalized spacial score (nSPS) is 9.89. The molecule has 0 bridgehead atoms. The molecule has 0 aliphatic rings. The summed E-state index contributed by atoms with van der Waals surface area (Å²) in [6, 6.07) is 9.57. The van der Waals surface area contributed by atoms with E-state index in [1.165, 1.54) is 0 Å². The van der Waals surface area contributed by atoms with E-state index >= 15 is 0 Å². The van der Waals surface area contributed by atoms with Crippen molar-refractivity contribution in [1.82, 2.24) is 4.98 Å². The second-order valence-electron chi connectivity index (χ2n) is 3.77. The molecular weight excluding hydrogens is 358 g/mol. The zero-order valence-corrected chi connectivity index (χ0v) is 12.7. The number of hydrogen-bond donors (Lipinski definition) is 1. The number of aryl methyl sites for hydroxylation is 1. The van der Waals surface area contributed by atoms with Crippen LogP contribution in [0, 0.1) is 18.3 Å². The van der Waals surface area contributed by atoms with Crippen molar-refractivity contribution < 1.29 is 0 Å². The number of anilines is 2. The lowest BCUT2D eigenvalue weighted by molar-refractivity contribution is 1.24. The number of nitriles is 1. The molecule has 0 unspecified atom stereocenters. The van der Waals surface area contributed by atoms with Crippen molar-refractivity contribution in [3.8, 4) is 6.07 Å². The smallest absolute Gasteiger partial charge is 0.144 e. The molecule has 0 saturated heterocycles. The number of nitrogens with zero attached hydrogens (tertiary/aromatic N) is 2. The van der Waals surface area contributed by atoms with Gasteiger partial charge in [0.15, 0.2) is 0 Å². The first-order chi connectivity index (χ1) is 8.60. The molecule has 0 fully saturated rings. The predicted molar refractivity (Wildman–Crippen MR) is 78.8 cm³/mol. The molecule has 5 heteroatoms. The summed E-state index contributed by atoms with van der Waals surface area (Å²) in [6.07, 6.45) is 1.77. The van der Waals surface area contributed by atoms with Crippen LogP contribution in [0.25, 0.3) is 0 Å². The van der Waals surface area contributed by atoms with Gasteiger partial charge < -0.3 is 5.32 Å². The van der Waals surface area contributed by atoms with Crippen LogP contribution in [0.3, 0.4) is 0 Å². The fourth-order valence-electron chi connectivity index (χ4n) is 1.47. The molecular formula is C13H9Br2N3. The number of pyridine rings is 1. The molecule has 0 amide bonds. The van der Waals surface area contributed by atoms with Gasteiger partial charge in [0.25, 0.3) is 0 Å². The van der Waals surface area contributed by atoms with E-state index in [9.17, 15) is 0 Å². The van der Waals surface area contributed by atoms with E-state index in [-0.39, 0.29) is 0 Å². The zero-order valence-electron chi connectivity index (χ0n) is 9.54. The summed E-state index contributed by atoms with van der Waals surface area (Å²) >= 11 is 6.84. The summed E-state index contributed by atoms with van der Waals surface area (Å²) < 4.78 is 1.78. The molecule has 3 nitrogen and oxygen atoms in total. The summed E-state index contributed by atoms with van der Waals surface area (Å²) in [5.41, 5.74) is 2.37. The average molecular weight is 367 g/mol. The van der Waals surface area contributed by atoms with Gasteiger partial charge in [-0.05, 0) is 52.7 Å². The maximum atomic E-state index is 9.06. The first-order valence-electron chi connectivity index (χ1n) is 5.19. The van der Waals surface area contributed by atoms with Crippen LogP contribution in [0.1, 0.15) is 11.1 Å². The Morgan fingerprint density at radius 1 is 1.28 bits per heavy atom. The molecule has 2 rings (SSSR count). The van der Waals surface area contributed by atoms with Gasteiger partial charge in [-0.2, -0.15) is 5.26 Å². The third kappa shape index (κ3) is 2.89. The summed E-state index contributed by atoms with van der Waals surface area (Å²) in [6.45, 7) is 1.97. The van der Waals surface area contributed by atoms with Gasteiger partial charge in [0.2, 0.25) is 0 Å². The number of aromatic nitrogens is 1. The van der Waals surface area contributed by atoms with E-state index in [0.717, 1.165) is 20.2 Å². The Balaban J connectivity index is 2.40. The molecule has 1 N–H and O–H groups in total. The third-order valence-electron chi connectivity index (χ3n) is 2.33. The lowest BCUT2D eigenvalue weighted by Crippen LogP contribution is -1.97. The van der Waals surface area contributed by atoms with Crippen LogP contribution in [0.2, 0.25) is 0 Å². The first-order valence-corrected chi connectivity index (χ1v) is 6.77. The Morgan fingerprint density at radius 3 is 2.72 bits per heavy atom. The summed E-state index contributed by atoms with van der Waals surface area (Å²) in [5, 5.41) is 12.2. The molecule has 0 radical (unpaired) electrons. The Labute approximate surface area is 122 Å². The van der Waals surface area contributed by atoms with E-state index in [1.807, 2.05) is 25.1 Å². The number of nitrogens with one attached hydrogen (secondary N) is 1. The van der Waals surface area contributed by atoms with Gasteiger partial charge in [-0.3, -0.25) is 0 Å². The summed E-state index contributed by atoms with van der Waals surface area (Å²) in [4.78, 5) is 4.30. The van der Waals surface area contributed by atoms with E-state index in [2.05, 4.69) is 48.2 Å². The van der Waals surface area contributed by atoms with Crippen molar-refractivity contribution in [2.75, 3.05) is 5.32 Å². The Hall–Kier alpha value is -1.38. The Morgan fingerprint density at radius 2 is 2.06 bits per heavy atom. The molecule has 18 heavy (non-hydrogen) atoms. The number of hydrogen-bond acceptors (Lipinski definition) is 3. The lowest BCUT2D eigenvalue weighted by Gasteiger charge is -2.10. The molecule has 2 aromatic rings. The molecule has 0 atom stereocenters. The highest BCUT2D eigenvalue weighted by atomic mass is 79.9. The molecule has 1 heterocycles. The predicted octanol–water partition coefficient (Wildman–Crippen LogP) is 4.53. The average Bonchev–Trinajstić information content (AvgIpc) is 2.33. The highest BCUT2D eigenvalue weighted by Gasteiger charge is 2.06.